The third-order valence-corrected chi connectivity index (χ3v) is 4.62. The fraction of sp³-hybridized carbons (Fsp3) is 0.733. The second-order valence-corrected chi connectivity index (χ2v) is 7.53. The molecule has 5 nitrogen and oxygen atoms in total. The number of aliphatic hydroxyl groups excluding tert-OH is 1. The van der Waals surface area contributed by atoms with Crippen molar-refractivity contribution in [2.24, 2.45) is 0 Å². The van der Waals surface area contributed by atoms with Gasteiger partial charge in [-0.2, -0.15) is 0 Å². The average Bonchev–Trinajstić information content (AvgIpc) is 3.08. The van der Waals surface area contributed by atoms with Crippen molar-refractivity contribution >= 4 is 17.4 Å². The van der Waals surface area contributed by atoms with E-state index in [1.54, 1.807) is 16.2 Å². The minimum absolute atomic E-state index is 0.00370. The van der Waals surface area contributed by atoms with Gasteiger partial charge in [-0.3, -0.25) is 0 Å². The van der Waals surface area contributed by atoms with E-state index in [1.165, 1.54) is 0 Å². The molecular formula is C15H25N3O2S. The molecule has 1 fully saturated rings. The summed E-state index contributed by atoms with van der Waals surface area (Å²) < 4.78 is 0. The monoisotopic (exact) mass is 311 g/mol. The van der Waals surface area contributed by atoms with Crippen LogP contribution in [-0.2, 0) is 5.41 Å². The highest BCUT2D eigenvalue weighted by Gasteiger charge is 2.33. The van der Waals surface area contributed by atoms with Gasteiger partial charge in [-0.25, -0.2) is 9.78 Å². The van der Waals surface area contributed by atoms with Crippen molar-refractivity contribution in [3.63, 3.8) is 0 Å². The molecule has 0 radical (unpaired) electrons. The molecule has 0 spiro atoms. The fourth-order valence-corrected chi connectivity index (χ4v) is 3.16. The number of nitrogens with one attached hydrogen (secondary N) is 1. The van der Waals surface area contributed by atoms with Gasteiger partial charge in [0.15, 0.2) is 0 Å². The molecule has 2 amide bonds. The number of aliphatic hydroxyl groups is 1. The molecule has 2 N–H and O–H groups in total. The number of aromatic nitrogens is 1. The van der Waals surface area contributed by atoms with Gasteiger partial charge in [-0.1, -0.05) is 20.8 Å². The lowest BCUT2D eigenvalue weighted by molar-refractivity contribution is 0.171. The van der Waals surface area contributed by atoms with Crippen LogP contribution in [0, 0.1) is 0 Å². The normalized spacial score (nSPS) is 16.6. The maximum atomic E-state index is 12.3. The van der Waals surface area contributed by atoms with Crippen molar-refractivity contribution in [3.8, 4) is 0 Å². The predicted octanol–water partition coefficient (Wildman–Crippen LogP) is 2.67. The van der Waals surface area contributed by atoms with Crippen LogP contribution in [0.2, 0.25) is 0 Å². The van der Waals surface area contributed by atoms with Crippen LogP contribution in [0.4, 0.5) is 4.79 Å². The van der Waals surface area contributed by atoms with Gasteiger partial charge in [0.1, 0.15) is 5.01 Å². The molecule has 1 aromatic heterocycles. The van der Waals surface area contributed by atoms with Crippen LogP contribution in [0.3, 0.4) is 0 Å². The Bertz CT molecular complexity index is 491. The van der Waals surface area contributed by atoms with E-state index in [2.05, 4.69) is 36.5 Å². The molecule has 2 rings (SSSR count). The molecule has 118 valence electrons. The molecular weight excluding hydrogens is 286 g/mol. The molecule has 21 heavy (non-hydrogen) atoms. The molecule has 0 aromatic carbocycles. The number of nitrogens with zero attached hydrogens (tertiary/aromatic N) is 2. The van der Waals surface area contributed by atoms with E-state index in [-0.39, 0.29) is 24.1 Å². The van der Waals surface area contributed by atoms with Crippen LogP contribution >= 0.6 is 11.3 Å². The lowest BCUT2D eigenvalue weighted by Crippen LogP contribution is -2.43. The topological polar surface area (TPSA) is 65.5 Å². The Balaban J connectivity index is 1.98. The summed E-state index contributed by atoms with van der Waals surface area (Å²) in [7, 11) is 0. The zero-order chi connectivity index (χ0) is 15.6. The molecule has 6 heteroatoms. The Labute approximate surface area is 130 Å². The minimum atomic E-state index is -0.112. The highest BCUT2D eigenvalue weighted by atomic mass is 32.1. The van der Waals surface area contributed by atoms with Crippen LogP contribution in [0.1, 0.15) is 57.3 Å². The molecule has 1 heterocycles. The number of carbonyl (C=O) groups excluding carboxylic acids is 1. The Hall–Kier alpha value is -1.14. The summed E-state index contributed by atoms with van der Waals surface area (Å²) in [6.07, 6.45) is 2.07. The Morgan fingerprint density at radius 3 is 2.71 bits per heavy atom. The number of rotatable bonds is 5. The van der Waals surface area contributed by atoms with E-state index < -0.39 is 0 Å². The molecule has 1 unspecified atom stereocenters. The van der Waals surface area contributed by atoms with Gasteiger partial charge in [0.25, 0.3) is 0 Å². The number of carbonyl (C=O) groups is 1. The van der Waals surface area contributed by atoms with Gasteiger partial charge in [0.05, 0.1) is 18.3 Å². The van der Waals surface area contributed by atoms with Crippen molar-refractivity contribution in [1.82, 2.24) is 15.2 Å². The van der Waals surface area contributed by atoms with Gasteiger partial charge >= 0.3 is 6.03 Å². The fourth-order valence-electron chi connectivity index (χ4n) is 2.10. The molecule has 1 aromatic rings. The van der Waals surface area contributed by atoms with E-state index in [4.69, 9.17) is 5.11 Å². The lowest BCUT2D eigenvalue weighted by atomic mass is 9.93. The Morgan fingerprint density at radius 2 is 2.24 bits per heavy atom. The van der Waals surface area contributed by atoms with Crippen molar-refractivity contribution in [1.29, 1.82) is 0 Å². The van der Waals surface area contributed by atoms with Gasteiger partial charge in [0, 0.05) is 23.4 Å². The first-order valence-electron chi connectivity index (χ1n) is 7.47. The second kappa shape index (κ2) is 6.32. The molecule has 0 saturated heterocycles. The molecule has 1 atom stereocenters. The van der Waals surface area contributed by atoms with E-state index in [0.717, 1.165) is 23.5 Å². The van der Waals surface area contributed by atoms with Gasteiger partial charge in [-0.15, -0.1) is 11.3 Å². The summed E-state index contributed by atoms with van der Waals surface area (Å²) in [5, 5.41) is 15.0. The summed E-state index contributed by atoms with van der Waals surface area (Å²) in [5.74, 6) is 0. The van der Waals surface area contributed by atoms with Crippen molar-refractivity contribution in [3.05, 3.63) is 16.1 Å². The van der Waals surface area contributed by atoms with Crippen LogP contribution in [0.25, 0.3) is 0 Å². The van der Waals surface area contributed by atoms with Crippen LogP contribution < -0.4 is 5.32 Å². The first kappa shape index (κ1) is 16.2. The quantitative estimate of drug-likeness (QED) is 0.878. The predicted molar refractivity (Wildman–Crippen MR) is 84.6 cm³/mol. The van der Waals surface area contributed by atoms with Crippen molar-refractivity contribution in [2.45, 2.75) is 58.0 Å². The largest absolute Gasteiger partial charge is 0.395 e. The molecule has 0 aliphatic heterocycles. The molecule has 0 bridgehead atoms. The number of amides is 2. The summed E-state index contributed by atoms with van der Waals surface area (Å²) >= 11 is 1.58. The summed E-state index contributed by atoms with van der Waals surface area (Å²) in [6.45, 7) is 8.74. The molecule has 1 aliphatic carbocycles. The van der Waals surface area contributed by atoms with Crippen LogP contribution in [0.15, 0.2) is 5.38 Å². The van der Waals surface area contributed by atoms with E-state index in [1.807, 2.05) is 6.92 Å². The number of hydrogen-bond donors (Lipinski definition) is 2. The standard InChI is InChI=1S/C15H25N3O2S/c1-10(13-17-12(9-21-13)15(2,3)4)16-14(20)18(7-8-19)11-5-6-11/h9-11,19H,5-8H2,1-4H3,(H,16,20). The number of urea groups is 1. The van der Waals surface area contributed by atoms with Crippen molar-refractivity contribution < 1.29 is 9.90 Å². The van der Waals surface area contributed by atoms with Gasteiger partial charge in [0.2, 0.25) is 0 Å². The summed E-state index contributed by atoms with van der Waals surface area (Å²) in [6, 6.07) is 0.0795. The second-order valence-electron chi connectivity index (χ2n) is 6.64. The van der Waals surface area contributed by atoms with E-state index >= 15 is 0 Å². The van der Waals surface area contributed by atoms with Gasteiger partial charge < -0.3 is 15.3 Å². The smallest absolute Gasteiger partial charge is 0.318 e. The number of thiazole rings is 1. The maximum Gasteiger partial charge on any atom is 0.318 e. The lowest BCUT2D eigenvalue weighted by Gasteiger charge is -2.23. The Kier molecular flexibility index (Phi) is 4.88. The molecule has 1 aliphatic rings. The zero-order valence-electron chi connectivity index (χ0n) is 13.2. The van der Waals surface area contributed by atoms with E-state index in [9.17, 15) is 4.79 Å². The third kappa shape index (κ3) is 4.17. The summed E-state index contributed by atoms with van der Waals surface area (Å²) in [4.78, 5) is 18.6. The number of hydrogen-bond acceptors (Lipinski definition) is 4. The Morgan fingerprint density at radius 1 is 1.57 bits per heavy atom. The first-order chi connectivity index (χ1) is 9.82. The van der Waals surface area contributed by atoms with Crippen molar-refractivity contribution in [2.75, 3.05) is 13.2 Å². The zero-order valence-corrected chi connectivity index (χ0v) is 14.0. The van der Waals surface area contributed by atoms with Gasteiger partial charge in [-0.05, 0) is 19.8 Å². The van der Waals surface area contributed by atoms with E-state index in [0.29, 0.717) is 12.6 Å². The third-order valence-electron chi connectivity index (χ3n) is 3.59. The highest BCUT2D eigenvalue weighted by molar-refractivity contribution is 7.09. The van der Waals surface area contributed by atoms with Crippen LogP contribution in [0.5, 0.6) is 0 Å². The average molecular weight is 311 g/mol. The molecule has 1 saturated carbocycles. The SMILES string of the molecule is CC(NC(=O)N(CCO)C1CC1)c1nc(C(C)(C)C)cs1. The first-order valence-corrected chi connectivity index (χ1v) is 8.34. The highest BCUT2D eigenvalue weighted by Crippen LogP contribution is 2.29. The minimum Gasteiger partial charge on any atom is -0.395 e. The maximum absolute atomic E-state index is 12.3. The van der Waals surface area contributed by atoms with Crippen LogP contribution in [-0.4, -0.2) is 40.2 Å². The summed E-state index contributed by atoms with van der Waals surface area (Å²) in [5.41, 5.74) is 1.08.